The van der Waals surface area contributed by atoms with Gasteiger partial charge >= 0.3 is 207 Å². The number of ketones is 1. The van der Waals surface area contributed by atoms with Crippen molar-refractivity contribution in [2.75, 3.05) is 13.1 Å². The van der Waals surface area contributed by atoms with Gasteiger partial charge in [0.1, 0.15) is 0 Å². The predicted molar refractivity (Wildman–Crippen MR) is 170 cm³/mol. The molecule has 0 bridgehead atoms. The first-order valence-corrected chi connectivity index (χ1v) is 23.8. The number of nitro benzene ring substituents is 1. The van der Waals surface area contributed by atoms with Gasteiger partial charge in [-0.1, -0.05) is 0 Å². The molecular weight excluding hydrogens is 659 g/mol. The Bertz CT molecular complexity index is 1330. The molecule has 0 atom stereocenters. The number of nitro groups is 1. The molecule has 1 aliphatic rings. The molecule has 1 aromatic carbocycles. The summed E-state index contributed by atoms with van der Waals surface area (Å²) < 4.78 is 13.3. The van der Waals surface area contributed by atoms with Crippen LogP contribution in [-0.4, -0.2) is 62.6 Å². The standard InChI is InChI=1S/C19H17N4O5S.3C4H9.Sn/c24-17(16-18-22(12-20-16)9-10-29-18)14-5-7-21(8-6-14)19(25)28-11-13-1-3-15(4-2-13)23(26)27;3*1-3-4-2;/h1-4,9,12,14H,5-8,11H2;3*1,3-4H2,2H3;. The molecule has 9 nitrogen and oxygen atoms in total. The summed E-state index contributed by atoms with van der Waals surface area (Å²) >= 11 is -0.762. The fourth-order valence-electron chi connectivity index (χ4n) is 5.97. The van der Waals surface area contributed by atoms with Crippen molar-refractivity contribution in [3.63, 3.8) is 0 Å². The topological polar surface area (TPSA) is 107 Å². The van der Waals surface area contributed by atoms with E-state index in [1.54, 1.807) is 19.9 Å². The number of ether oxygens (including phenoxy) is 1. The second-order valence-electron chi connectivity index (χ2n) is 11.6. The first kappa shape index (κ1) is 32.4. The number of aromatic nitrogens is 2. The zero-order valence-corrected chi connectivity index (χ0v) is 28.8. The van der Waals surface area contributed by atoms with E-state index in [4.69, 9.17) is 4.74 Å². The van der Waals surface area contributed by atoms with Crippen molar-refractivity contribution in [1.29, 1.82) is 0 Å². The Labute approximate surface area is 256 Å². The number of Topliss-reactive ketones (excluding diaryl/α,β-unsaturated/α-hetero) is 1. The Hall–Kier alpha value is -2.47. The molecule has 3 aromatic rings. The second kappa shape index (κ2) is 15.3. The number of piperidine rings is 1. The van der Waals surface area contributed by atoms with E-state index in [-0.39, 0.29) is 24.0 Å². The molecule has 0 N–H and O–H groups in total. The van der Waals surface area contributed by atoms with E-state index < -0.39 is 29.4 Å². The fraction of sp³-hybridized carbons (Fsp3) is 0.581. The number of nitrogens with zero attached hydrogens (tertiary/aromatic N) is 4. The molecule has 228 valence electrons. The summed E-state index contributed by atoms with van der Waals surface area (Å²) in [5, 5.41) is 10.8. The number of rotatable bonds is 15. The zero-order chi connectivity index (χ0) is 30.1. The number of unbranched alkanes of at least 4 members (excludes halogenated alkanes) is 3. The molecule has 0 saturated carbocycles. The molecule has 0 spiro atoms. The van der Waals surface area contributed by atoms with Gasteiger partial charge in [0.15, 0.2) is 0 Å². The Morgan fingerprint density at radius 3 is 2.17 bits per heavy atom. The van der Waals surface area contributed by atoms with Gasteiger partial charge in [-0.05, 0) is 17.7 Å². The molecule has 1 saturated heterocycles. The molecule has 0 aliphatic carbocycles. The van der Waals surface area contributed by atoms with Crippen molar-refractivity contribution in [1.82, 2.24) is 14.3 Å². The van der Waals surface area contributed by atoms with Crippen LogP contribution in [0.4, 0.5) is 10.5 Å². The van der Waals surface area contributed by atoms with Gasteiger partial charge in [-0.3, -0.25) is 10.1 Å². The van der Waals surface area contributed by atoms with E-state index in [9.17, 15) is 19.7 Å². The van der Waals surface area contributed by atoms with Crippen LogP contribution in [0.3, 0.4) is 0 Å². The van der Waals surface area contributed by atoms with Crippen molar-refractivity contribution in [2.24, 2.45) is 5.92 Å². The van der Waals surface area contributed by atoms with Crippen molar-refractivity contribution >= 4 is 55.0 Å². The molecule has 1 amide bonds. The van der Waals surface area contributed by atoms with Gasteiger partial charge in [0.25, 0.3) is 5.69 Å². The number of benzene rings is 1. The van der Waals surface area contributed by atoms with Crippen LogP contribution in [0, 0.1) is 16.0 Å². The van der Waals surface area contributed by atoms with E-state index in [2.05, 4.69) is 36.4 Å². The number of non-ortho nitro benzene ring substituents is 1. The van der Waals surface area contributed by atoms with Gasteiger partial charge in [0.2, 0.25) is 0 Å². The summed E-state index contributed by atoms with van der Waals surface area (Å²) in [7, 11) is 0. The molecule has 1 fully saturated rings. The Morgan fingerprint density at radius 1 is 1.02 bits per heavy atom. The minimum absolute atomic E-state index is 0.00230. The average molecular weight is 703 g/mol. The zero-order valence-electron chi connectivity index (χ0n) is 25.2. The van der Waals surface area contributed by atoms with E-state index >= 15 is 0 Å². The summed E-state index contributed by atoms with van der Waals surface area (Å²) in [6.07, 6.45) is 12.5. The Kier molecular flexibility index (Phi) is 11.8. The van der Waals surface area contributed by atoms with Gasteiger partial charge in [0, 0.05) is 12.1 Å². The predicted octanol–water partition coefficient (Wildman–Crippen LogP) is 7.59. The van der Waals surface area contributed by atoms with Crippen LogP contribution in [0.5, 0.6) is 0 Å². The summed E-state index contributed by atoms with van der Waals surface area (Å²) in [5.74, 6) is -0.0808. The van der Waals surface area contributed by atoms with Crippen molar-refractivity contribution < 1.29 is 19.2 Å². The third kappa shape index (κ3) is 7.72. The molecule has 0 unspecified atom stereocenters. The SMILES string of the molecule is CCC[CH2][Sn]([CH2]CCC)([CH2]CCC)[c]1cn2cnc(C(=O)C3CCN(C(=O)OCc4ccc([N+](=O)[O-])cc4)CC3)c2s1. The monoisotopic (exact) mass is 704 g/mol. The summed E-state index contributed by atoms with van der Waals surface area (Å²) in [6.45, 7) is 7.83. The van der Waals surface area contributed by atoms with E-state index in [0.29, 0.717) is 37.2 Å². The first-order valence-electron chi connectivity index (χ1n) is 15.5. The molecule has 1 aliphatic heterocycles. The number of hydrogen-bond acceptors (Lipinski definition) is 7. The van der Waals surface area contributed by atoms with Gasteiger partial charge < -0.3 is 0 Å². The van der Waals surface area contributed by atoms with Crippen LogP contribution in [0.2, 0.25) is 13.3 Å². The van der Waals surface area contributed by atoms with Gasteiger partial charge in [0.05, 0.1) is 4.92 Å². The first-order chi connectivity index (χ1) is 20.3. The van der Waals surface area contributed by atoms with Crippen molar-refractivity contribution in [2.45, 2.75) is 92.1 Å². The molecule has 0 radical (unpaired) electrons. The number of carbonyl (C=O) groups excluding carboxylic acids is 2. The van der Waals surface area contributed by atoms with Crippen LogP contribution in [0.15, 0.2) is 36.8 Å². The summed E-state index contributed by atoms with van der Waals surface area (Å²) in [6, 6.07) is 5.97. The van der Waals surface area contributed by atoms with E-state index in [1.807, 2.05) is 17.7 Å². The van der Waals surface area contributed by atoms with Crippen LogP contribution >= 0.6 is 11.3 Å². The number of imidazole rings is 1. The molecule has 42 heavy (non-hydrogen) atoms. The van der Waals surface area contributed by atoms with Crippen LogP contribution in [-0.2, 0) is 11.3 Å². The maximum atomic E-state index is 13.7. The Morgan fingerprint density at radius 2 is 1.62 bits per heavy atom. The summed E-state index contributed by atoms with van der Waals surface area (Å²) in [4.78, 5) is 43.9. The molecular formula is C31H44N4O5SSn. The average Bonchev–Trinajstić information content (AvgIpc) is 3.61. The van der Waals surface area contributed by atoms with Crippen LogP contribution < -0.4 is 2.89 Å². The van der Waals surface area contributed by atoms with Gasteiger partial charge in [-0.25, -0.2) is 0 Å². The van der Waals surface area contributed by atoms with Crippen molar-refractivity contribution in [3.05, 3.63) is 58.2 Å². The number of hydrogen-bond donors (Lipinski definition) is 0. The number of amides is 1. The normalized spacial score (nSPS) is 14.4. The van der Waals surface area contributed by atoms with Gasteiger partial charge in [-0.2, -0.15) is 0 Å². The number of carbonyl (C=O) groups is 2. The summed E-state index contributed by atoms with van der Waals surface area (Å²) in [5.41, 5.74) is 1.27. The molecule has 4 rings (SSSR count). The molecule has 2 aromatic heterocycles. The van der Waals surface area contributed by atoms with E-state index in [1.165, 1.54) is 64.0 Å². The van der Waals surface area contributed by atoms with Crippen LogP contribution in [0.25, 0.3) is 4.83 Å². The van der Waals surface area contributed by atoms with Crippen molar-refractivity contribution in [3.8, 4) is 0 Å². The third-order valence-electron chi connectivity index (χ3n) is 8.63. The quantitative estimate of drug-likeness (QED) is 0.0699. The number of fused-ring (bicyclic) bond motifs is 1. The molecule has 11 heteroatoms. The Balaban J connectivity index is 1.40. The number of thiazole rings is 1. The van der Waals surface area contributed by atoms with E-state index in [0.717, 1.165) is 4.83 Å². The van der Waals surface area contributed by atoms with Gasteiger partial charge in [-0.15, -0.1) is 0 Å². The molecule has 3 heterocycles. The third-order valence-corrected chi connectivity index (χ3v) is 27.9. The minimum atomic E-state index is -2.61. The maximum absolute atomic E-state index is 13.7. The fourth-order valence-corrected chi connectivity index (χ4v) is 26.0. The second-order valence-corrected chi connectivity index (χ2v) is 26.8. The van der Waals surface area contributed by atoms with Crippen LogP contribution in [0.1, 0.15) is 88.2 Å². The number of likely N-dealkylation sites (tertiary alicyclic amines) is 1.